The van der Waals surface area contributed by atoms with Crippen LogP contribution in [0.5, 0.6) is 5.75 Å². The van der Waals surface area contributed by atoms with Crippen molar-refractivity contribution in [2.45, 2.75) is 111 Å². The number of nitrogens with zero attached hydrogens (tertiary/aromatic N) is 3. The second-order valence-corrected chi connectivity index (χ2v) is 13.8. The van der Waals surface area contributed by atoms with E-state index in [1.54, 1.807) is 36.6 Å². The Labute approximate surface area is 250 Å². The molecule has 3 aliphatic rings. The summed E-state index contributed by atoms with van der Waals surface area (Å²) in [4.78, 5) is 57.7. The molecule has 42 heavy (non-hydrogen) atoms. The monoisotopic (exact) mass is 584 g/mol. The molecule has 2 atom stereocenters. The van der Waals surface area contributed by atoms with Crippen molar-refractivity contribution in [2.75, 3.05) is 31.1 Å². The highest BCUT2D eigenvalue weighted by molar-refractivity contribution is 6.05. The van der Waals surface area contributed by atoms with Crippen molar-refractivity contribution in [1.82, 2.24) is 15.1 Å². The maximum Gasteiger partial charge on any atom is 0.410 e. The number of aryl methyl sites for hydroxylation is 1. The highest BCUT2D eigenvalue weighted by Gasteiger charge is 2.60. The van der Waals surface area contributed by atoms with Gasteiger partial charge in [0.05, 0.1) is 5.69 Å². The molecule has 0 bridgehead atoms. The van der Waals surface area contributed by atoms with E-state index in [-0.39, 0.29) is 47.9 Å². The first-order valence-corrected chi connectivity index (χ1v) is 15.2. The topological polar surface area (TPSA) is 108 Å². The Morgan fingerprint density at radius 3 is 2.52 bits per heavy atom. The van der Waals surface area contributed by atoms with Crippen molar-refractivity contribution < 1.29 is 28.7 Å². The summed E-state index contributed by atoms with van der Waals surface area (Å²) in [5.74, 6) is 0.121. The molecule has 1 unspecified atom stereocenters. The molecular weight excluding hydrogens is 536 g/mol. The number of anilines is 1. The average Bonchev–Trinajstić information content (AvgIpc) is 3.55. The molecule has 4 rings (SSSR count). The van der Waals surface area contributed by atoms with Gasteiger partial charge in [-0.05, 0) is 92.3 Å². The molecule has 1 aromatic rings. The van der Waals surface area contributed by atoms with Gasteiger partial charge in [0.25, 0.3) is 11.8 Å². The zero-order chi connectivity index (χ0) is 31.2. The zero-order valence-corrected chi connectivity index (χ0v) is 26.8. The van der Waals surface area contributed by atoms with Crippen molar-refractivity contribution >= 4 is 29.5 Å². The molecular formula is C32H48N4O6. The van der Waals surface area contributed by atoms with Crippen LogP contribution in [0.25, 0.3) is 0 Å². The number of benzene rings is 1. The molecule has 1 aliphatic carbocycles. The van der Waals surface area contributed by atoms with E-state index in [4.69, 9.17) is 9.47 Å². The lowest BCUT2D eigenvalue weighted by atomic mass is 9.93. The molecule has 10 heteroatoms. The van der Waals surface area contributed by atoms with Crippen molar-refractivity contribution in [3.63, 3.8) is 0 Å². The van der Waals surface area contributed by atoms with Crippen molar-refractivity contribution in [2.24, 2.45) is 5.41 Å². The minimum Gasteiger partial charge on any atom is -0.476 e. The van der Waals surface area contributed by atoms with Gasteiger partial charge in [0.2, 0.25) is 5.91 Å². The molecule has 1 saturated heterocycles. The highest BCUT2D eigenvalue weighted by Crippen LogP contribution is 2.56. The largest absolute Gasteiger partial charge is 0.476 e. The van der Waals surface area contributed by atoms with Crippen molar-refractivity contribution in [3.8, 4) is 5.75 Å². The molecule has 0 aromatic heterocycles. The number of ether oxygens (including phenoxy) is 2. The minimum atomic E-state index is -1.08. The van der Waals surface area contributed by atoms with Gasteiger partial charge in [0.15, 0.2) is 5.60 Å². The molecule has 0 radical (unpaired) electrons. The summed E-state index contributed by atoms with van der Waals surface area (Å²) in [6.07, 6.45) is 2.71. The van der Waals surface area contributed by atoms with Gasteiger partial charge in [-0.15, -0.1) is 0 Å². The number of hydrogen-bond donors (Lipinski definition) is 1. The van der Waals surface area contributed by atoms with E-state index < -0.39 is 11.2 Å². The number of hydrogen-bond acceptors (Lipinski definition) is 6. The maximum atomic E-state index is 14.3. The van der Waals surface area contributed by atoms with Crippen LogP contribution in [-0.4, -0.2) is 83.1 Å². The number of piperidine rings is 1. The number of fused-ring (bicyclic) bond motifs is 1. The number of likely N-dealkylation sites (tertiary alicyclic amines) is 1. The van der Waals surface area contributed by atoms with E-state index >= 15 is 0 Å². The van der Waals surface area contributed by atoms with E-state index in [0.29, 0.717) is 43.1 Å². The molecule has 232 valence electrons. The molecule has 2 aliphatic heterocycles. The standard InChI is InChI=1S/C32H48N4O6/c1-10-26(37)33-13-15-35-23-17-22(21(4)16-24(23)41-31(8,9)28(35)39)27(38)36(20(2)3)25-18-32(25)12-11-14-34(19-32)29(40)42-30(5,6)7/h16-17,20,25H,10-15,18-19H2,1-9H3,(H,33,37)/t25?,32-/m1/s1. The summed E-state index contributed by atoms with van der Waals surface area (Å²) < 4.78 is 11.7. The quantitative estimate of drug-likeness (QED) is 0.499. The molecule has 2 heterocycles. The third kappa shape index (κ3) is 6.37. The molecule has 4 amide bonds. The average molecular weight is 585 g/mol. The fraction of sp³-hybridized carbons (Fsp3) is 0.688. The van der Waals surface area contributed by atoms with Gasteiger partial charge in [-0.25, -0.2) is 4.79 Å². The van der Waals surface area contributed by atoms with E-state index in [0.717, 1.165) is 24.8 Å². The number of carbonyl (C=O) groups excluding carboxylic acids is 4. The summed E-state index contributed by atoms with van der Waals surface area (Å²) in [5, 5.41) is 2.83. The third-order valence-corrected chi connectivity index (χ3v) is 8.46. The zero-order valence-electron chi connectivity index (χ0n) is 26.8. The Hall–Kier alpha value is -3.30. The SMILES string of the molecule is CCC(=O)NCCN1C(=O)C(C)(C)Oc2cc(C)c(C(=O)N(C(C)C)C3C[C@@]34CCCN(C(=O)OC(C)(C)C)C4)cc21. The fourth-order valence-electron chi connectivity index (χ4n) is 6.28. The Morgan fingerprint density at radius 2 is 1.90 bits per heavy atom. The Bertz CT molecular complexity index is 1250. The van der Waals surface area contributed by atoms with E-state index in [1.165, 1.54) is 0 Å². The first-order chi connectivity index (χ1) is 19.5. The van der Waals surface area contributed by atoms with Gasteiger partial charge in [0, 0.05) is 55.7 Å². The molecule has 1 aromatic carbocycles. The second kappa shape index (κ2) is 11.4. The van der Waals surface area contributed by atoms with Crippen molar-refractivity contribution in [3.05, 3.63) is 23.3 Å². The smallest absolute Gasteiger partial charge is 0.410 e. The van der Waals surface area contributed by atoms with Crippen LogP contribution in [0.15, 0.2) is 12.1 Å². The molecule has 1 spiro atoms. The number of rotatable bonds is 7. The Kier molecular flexibility index (Phi) is 8.60. The predicted octanol–water partition coefficient (Wildman–Crippen LogP) is 4.67. The lowest BCUT2D eigenvalue weighted by Gasteiger charge is -2.40. The molecule has 1 N–H and O–H groups in total. The first kappa shape index (κ1) is 31.6. The maximum absolute atomic E-state index is 14.3. The third-order valence-electron chi connectivity index (χ3n) is 8.46. The summed E-state index contributed by atoms with van der Waals surface area (Å²) in [6.45, 7) is 18.5. The van der Waals surface area contributed by atoms with Gasteiger partial charge in [-0.2, -0.15) is 0 Å². The van der Waals surface area contributed by atoms with Crippen LogP contribution in [0, 0.1) is 12.3 Å². The van der Waals surface area contributed by atoms with Gasteiger partial charge in [-0.1, -0.05) is 6.92 Å². The van der Waals surface area contributed by atoms with Crippen molar-refractivity contribution in [1.29, 1.82) is 0 Å². The van der Waals surface area contributed by atoms with Crippen LogP contribution in [-0.2, 0) is 14.3 Å². The lowest BCUT2D eigenvalue weighted by molar-refractivity contribution is -0.132. The molecule has 2 fully saturated rings. The summed E-state index contributed by atoms with van der Waals surface area (Å²) >= 11 is 0. The van der Waals surface area contributed by atoms with Crippen LogP contribution >= 0.6 is 0 Å². The Morgan fingerprint density at radius 1 is 1.21 bits per heavy atom. The van der Waals surface area contributed by atoms with E-state index in [9.17, 15) is 19.2 Å². The fourth-order valence-corrected chi connectivity index (χ4v) is 6.28. The molecule has 10 nitrogen and oxygen atoms in total. The van der Waals surface area contributed by atoms with E-state index in [2.05, 4.69) is 5.32 Å². The number of nitrogens with one attached hydrogen (secondary N) is 1. The van der Waals surface area contributed by atoms with Crippen LogP contribution in [0.2, 0.25) is 0 Å². The summed E-state index contributed by atoms with van der Waals surface area (Å²) in [5.41, 5.74) is 0.0201. The second-order valence-electron chi connectivity index (χ2n) is 13.8. The van der Waals surface area contributed by atoms with Crippen LogP contribution < -0.4 is 15.0 Å². The van der Waals surface area contributed by atoms with E-state index in [1.807, 2.05) is 52.5 Å². The van der Waals surface area contributed by atoms with Crippen LogP contribution in [0.3, 0.4) is 0 Å². The normalized spacial score (nSPS) is 22.9. The predicted molar refractivity (Wildman–Crippen MR) is 161 cm³/mol. The van der Waals surface area contributed by atoms with Gasteiger partial charge in [-0.3, -0.25) is 14.4 Å². The highest BCUT2D eigenvalue weighted by atomic mass is 16.6. The minimum absolute atomic E-state index is 0.00263. The summed E-state index contributed by atoms with van der Waals surface area (Å²) in [6, 6.07) is 3.54. The van der Waals surface area contributed by atoms with Crippen LogP contribution in [0.1, 0.15) is 97.0 Å². The van der Waals surface area contributed by atoms with Gasteiger partial charge < -0.3 is 29.5 Å². The number of amides is 4. The molecule has 1 saturated carbocycles. The number of carbonyl (C=O) groups is 4. The van der Waals surface area contributed by atoms with Gasteiger partial charge in [0.1, 0.15) is 11.4 Å². The lowest BCUT2D eigenvalue weighted by Crippen LogP contribution is -2.54. The van der Waals surface area contributed by atoms with Crippen LogP contribution in [0.4, 0.5) is 10.5 Å². The summed E-state index contributed by atoms with van der Waals surface area (Å²) in [7, 11) is 0. The van der Waals surface area contributed by atoms with Gasteiger partial charge >= 0.3 is 6.09 Å². The first-order valence-electron chi connectivity index (χ1n) is 15.2. The Balaban J connectivity index is 1.60.